The van der Waals surface area contributed by atoms with Gasteiger partial charge in [-0.25, -0.2) is 22.8 Å². The third-order valence-corrected chi connectivity index (χ3v) is 5.45. The molecule has 26 heavy (non-hydrogen) atoms. The van der Waals surface area contributed by atoms with Crippen molar-refractivity contribution in [3.8, 4) is 11.4 Å². The molecule has 1 heterocycles. The van der Waals surface area contributed by atoms with E-state index < -0.39 is 22.2 Å². The maximum Gasteiger partial charge on any atom is 0.209 e. The van der Waals surface area contributed by atoms with E-state index in [1.54, 1.807) is 0 Å². The Bertz CT molecular complexity index is 849. The van der Waals surface area contributed by atoms with Crippen molar-refractivity contribution in [2.45, 2.75) is 57.2 Å². The second-order valence-corrected chi connectivity index (χ2v) is 9.05. The molecule has 142 valence electrons. The quantitative estimate of drug-likeness (QED) is 0.830. The Morgan fingerprint density at radius 1 is 1.23 bits per heavy atom. The predicted octanol–water partition coefficient (Wildman–Crippen LogP) is 2.07. The van der Waals surface area contributed by atoms with Crippen LogP contribution in [0.25, 0.3) is 11.4 Å². The molecule has 0 bridgehead atoms. The summed E-state index contributed by atoms with van der Waals surface area (Å²) in [6.07, 6.45) is 2.23. The smallest absolute Gasteiger partial charge is 0.209 e. The summed E-state index contributed by atoms with van der Waals surface area (Å²) in [6, 6.07) is 9.45. The first-order chi connectivity index (χ1) is 12.2. The number of sulfonamides is 1. The van der Waals surface area contributed by atoms with Crippen LogP contribution >= 0.6 is 0 Å². The molecule has 0 unspecified atom stereocenters. The van der Waals surface area contributed by atoms with Crippen LogP contribution in [0.2, 0.25) is 0 Å². The zero-order chi connectivity index (χ0) is 18.9. The molecule has 0 spiro atoms. The van der Waals surface area contributed by atoms with E-state index in [2.05, 4.69) is 23.7 Å². The highest BCUT2D eigenvalue weighted by molar-refractivity contribution is 7.88. The molecule has 0 saturated heterocycles. The summed E-state index contributed by atoms with van der Waals surface area (Å²) in [6.45, 7) is 4.10. The van der Waals surface area contributed by atoms with E-state index in [1.807, 2.05) is 35.0 Å². The fraction of sp³-hybridized carbons (Fsp3) is 0.556. The average molecular weight is 378 g/mol. The average Bonchev–Trinajstić information content (AvgIpc) is 3.02. The standard InChI is InChI=1S/C18H26N4O3S/c1-12(2)22-18(19-17(20-22)13-7-5-4-6-8-13)14-9-10-16(23)15(11-14)21-26(3,24)25/h4-8,12,14-16,21,23H,9-11H2,1-3H3/t14-,15+,16+/m0/s1. The van der Waals surface area contributed by atoms with Gasteiger partial charge in [-0.05, 0) is 33.1 Å². The molecule has 8 heteroatoms. The van der Waals surface area contributed by atoms with Crippen LogP contribution in [0.4, 0.5) is 0 Å². The number of hydrogen-bond acceptors (Lipinski definition) is 5. The van der Waals surface area contributed by atoms with Gasteiger partial charge in [0.1, 0.15) is 5.82 Å². The lowest BCUT2D eigenvalue weighted by Crippen LogP contribution is -2.46. The second-order valence-electron chi connectivity index (χ2n) is 7.27. The second kappa shape index (κ2) is 7.46. The Hall–Kier alpha value is -1.77. The SMILES string of the molecule is CC(C)n1nc(-c2ccccc2)nc1[C@H]1CC[C@@H](O)[C@H](NS(C)(=O)=O)C1. The van der Waals surface area contributed by atoms with Crippen molar-refractivity contribution in [3.63, 3.8) is 0 Å². The normalized spacial score (nSPS) is 24.1. The van der Waals surface area contributed by atoms with Gasteiger partial charge >= 0.3 is 0 Å². The summed E-state index contributed by atoms with van der Waals surface area (Å²) in [5.41, 5.74) is 0.954. The fourth-order valence-corrected chi connectivity index (χ4v) is 4.30. The first-order valence-corrected chi connectivity index (χ1v) is 10.8. The van der Waals surface area contributed by atoms with Gasteiger partial charge in [0, 0.05) is 23.6 Å². The number of rotatable bonds is 5. The van der Waals surface area contributed by atoms with E-state index in [-0.39, 0.29) is 12.0 Å². The van der Waals surface area contributed by atoms with Crippen LogP contribution in [0, 0.1) is 0 Å². The molecule has 1 aliphatic carbocycles. The minimum absolute atomic E-state index is 0.0463. The first-order valence-electron chi connectivity index (χ1n) is 8.92. The Balaban J connectivity index is 1.91. The molecule has 3 atom stereocenters. The topological polar surface area (TPSA) is 97.1 Å². The molecule has 2 N–H and O–H groups in total. The highest BCUT2D eigenvalue weighted by Crippen LogP contribution is 2.34. The highest BCUT2D eigenvalue weighted by Gasteiger charge is 2.34. The molecule has 0 radical (unpaired) electrons. The number of nitrogens with zero attached hydrogens (tertiary/aromatic N) is 3. The molecular formula is C18H26N4O3S. The number of aliphatic hydroxyl groups is 1. The van der Waals surface area contributed by atoms with Gasteiger partial charge in [-0.15, -0.1) is 0 Å². The van der Waals surface area contributed by atoms with Crippen LogP contribution in [0.15, 0.2) is 30.3 Å². The molecule has 0 amide bonds. The molecule has 0 aliphatic heterocycles. The summed E-state index contributed by atoms with van der Waals surface area (Å²) >= 11 is 0. The first kappa shape index (κ1) is 19.0. The van der Waals surface area contributed by atoms with Gasteiger partial charge < -0.3 is 5.11 Å². The van der Waals surface area contributed by atoms with Crippen LogP contribution in [-0.4, -0.2) is 46.7 Å². The number of nitrogens with one attached hydrogen (secondary N) is 1. The largest absolute Gasteiger partial charge is 0.391 e. The van der Waals surface area contributed by atoms with E-state index in [0.717, 1.165) is 24.1 Å². The molecule has 1 aromatic heterocycles. The van der Waals surface area contributed by atoms with Crippen molar-refractivity contribution >= 4 is 10.0 Å². The van der Waals surface area contributed by atoms with Gasteiger partial charge in [-0.2, -0.15) is 5.10 Å². The van der Waals surface area contributed by atoms with Crippen LogP contribution in [0.1, 0.15) is 50.9 Å². The summed E-state index contributed by atoms with van der Waals surface area (Å²) in [7, 11) is -3.38. The van der Waals surface area contributed by atoms with Crippen molar-refractivity contribution in [1.29, 1.82) is 0 Å². The van der Waals surface area contributed by atoms with E-state index in [9.17, 15) is 13.5 Å². The minimum atomic E-state index is -3.38. The molecule has 1 aliphatic rings. The molecular weight excluding hydrogens is 352 g/mol. The lowest BCUT2D eigenvalue weighted by Gasteiger charge is -2.33. The third-order valence-electron chi connectivity index (χ3n) is 4.72. The molecule has 1 saturated carbocycles. The van der Waals surface area contributed by atoms with E-state index in [0.29, 0.717) is 18.7 Å². The number of aromatic nitrogens is 3. The maximum atomic E-state index is 11.6. The fourth-order valence-electron chi connectivity index (χ4n) is 3.49. The predicted molar refractivity (Wildman–Crippen MR) is 100 cm³/mol. The lowest BCUT2D eigenvalue weighted by atomic mass is 9.83. The van der Waals surface area contributed by atoms with Crippen molar-refractivity contribution < 1.29 is 13.5 Å². The Labute approximate surface area is 154 Å². The number of aliphatic hydroxyl groups excluding tert-OH is 1. The zero-order valence-electron chi connectivity index (χ0n) is 15.3. The molecule has 1 fully saturated rings. The third kappa shape index (κ3) is 4.31. The monoisotopic (exact) mass is 378 g/mol. The summed E-state index contributed by atoms with van der Waals surface area (Å²) in [4.78, 5) is 4.77. The number of benzene rings is 1. The highest BCUT2D eigenvalue weighted by atomic mass is 32.2. The van der Waals surface area contributed by atoms with Gasteiger partial charge in [-0.1, -0.05) is 30.3 Å². The molecule has 2 aromatic rings. The van der Waals surface area contributed by atoms with Crippen LogP contribution < -0.4 is 4.72 Å². The van der Waals surface area contributed by atoms with E-state index >= 15 is 0 Å². The van der Waals surface area contributed by atoms with E-state index in [4.69, 9.17) is 4.98 Å². The Kier molecular flexibility index (Phi) is 5.45. The summed E-state index contributed by atoms with van der Waals surface area (Å²) < 4.78 is 27.7. The van der Waals surface area contributed by atoms with Crippen LogP contribution in [-0.2, 0) is 10.0 Å². The van der Waals surface area contributed by atoms with Crippen molar-refractivity contribution in [1.82, 2.24) is 19.5 Å². The minimum Gasteiger partial charge on any atom is -0.391 e. The van der Waals surface area contributed by atoms with Crippen molar-refractivity contribution in [2.24, 2.45) is 0 Å². The van der Waals surface area contributed by atoms with Crippen LogP contribution in [0.3, 0.4) is 0 Å². The molecule has 3 rings (SSSR count). The van der Waals surface area contributed by atoms with Crippen molar-refractivity contribution in [2.75, 3.05) is 6.26 Å². The summed E-state index contributed by atoms with van der Waals surface area (Å²) in [5.74, 6) is 1.57. The van der Waals surface area contributed by atoms with E-state index in [1.165, 1.54) is 0 Å². The maximum absolute atomic E-state index is 11.6. The van der Waals surface area contributed by atoms with Gasteiger partial charge in [0.25, 0.3) is 0 Å². The van der Waals surface area contributed by atoms with Gasteiger partial charge in [0.2, 0.25) is 10.0 Å². The summed E-state index contributed by atoms with van der Waals surface area (Å²) in [5, 5.41) is 14.9. The lowest BCUT2D eigenvalue weighted by molar-refractivity contribution is 0.0913. The van der Waals surface area contributed by atoms with Gasteiger partial charge in [-0.3, -0.25) is 0 Å². The Morgan fingerprint density at radius 2 is 1.92 bits per heavy atom. The Morgan fingerprint density at radius 3 is 2.54 bits per heavy atom. The number of hydrogen-bond donors (Lipinski definition) is 2. The van der Waals surface area contributed by atoms with Gasteiger partial charge in [0.15, 0.2) is 5.82 Å². The van der Waals surface area contributed by atoms with Crippen LogP contribution in [0.5, 0.6) is 0 Å². The molecule has 1 aromatic carbocycles. The van der Waals surface area contributed by atoms with Gasteiger partial charge in [0.05, 0.1) is 12.4 Å². The molecule has 7 nitrogen and oxygen atoms in total. The van der Waals surface area contributed by atoms with Crippen molar-refractivity contribution in [3.05, 3.63) is 36.2 Å². The zero-order valence-corrected chi connectivity index (χ0v) is 16.1.